The number of rotatable bonds is 11. The molecule has 0 bridgehead atoms. The summed E-state index contributed by atoms with van der Waals surface area (Å²) < 4.78 is 10.9. The standard InChI is InChI=1S/C32H44O5/c1-7-12-23(2)13-11-14-24(3)17-18-27-25(4)31(35)28(21-32(27,5)6)37-30(34)20-19-29(33)36-22-26-15-9-8-10-16-26/h7,11-14,17-18,26,28H,1,8-10,15-16,19-22H2,2-6H3/b13-11+,18-17+,23-12+,24-14+. The molecule has 1 unspecified atom stereocenters. The van der Waals surface area contributed by atoms with E-state index in [9.17, 15) is 14.4 Å². The molecule has 5 nitrogen and oxygen atoms in total. The summed E-state index contributed by atoms with van der Waals surface area (Å²) in [6.45, 7) is 14.0. The van der Waals surface area contributed by atoms with E-state index < -0.39 is 12.1 Å². The monoisotopic (exact) mass is 508 g/mol. The number of Topliss-reactive ketones (excluding diaryl/α,β-unsaturated/α-hetero) is 1. The van der Waals surface area contributed by atoms with Crippen LogP contribution in [-0.2, 0) is 23.9 Å². The molecule has 1 saturated carbocycles. The van der Waals surface area contributed by atoms with Crippen molar-refractivity contribution in [2.75, 3.05) is 6.61 Å². The Morgan fingerprint density at radius 2 is 1.65 bits per heavy atom. The van der Waals surface area contributed by atoms with Gasteiger partial charge in [0.15, 0.2) is 11.9 Å². The zero-order valence-electron chi connectivity index (χ0n) is 23.3. The zero-order valence-corrected chi connectivity index (χ0v) is 23.3. The molecule has 0 amide bonds. The van der Waals surface area contributed by atoms with E-state index in [1.807, 2.05) is 50.3 Å². The van der Waals surface area contributed by atoms with Gasteiger partial charge in [-0.2, -0.15) is 0 Å². The molecule has 37 heavy (non-hydrogen) atoms. The maximum Gasteiger partial charge on any atom is 0.307 e. The number of ketones is 1. The van der Waals surface area contributed by atoms with Crippen molar-refractivity contribution in [1.29, 1.82) is 0 Å². The van der Waals surface area contributed by atoms with Crippen LogP contribution in [-0.4, -0.2) is 30.4 Å². The topological polar surface area (TPSA) is 69.7 Å². The Hall–Kier alpha value is -2.95. The second kappa shape index (κ2) is 14.7. The first-order chi connectivity index (χ1) is 17.5. The smallest absolute Gasteiger partial charge is 0.307 e. The van der Waals surface area contributed by atoms with Gasteiger partial charge in [-0.25, -0.2) is 0 Å². The van der Waals surface area contributed by atoms with E-state index in [2.05, 4.69) is 20.4 Å². The van der Waals surface area contributed by atoms with Crippen LogP contribution < -0.4 is 0 Å². The Labute approximate surface area is 223 Å². The number of carbonyl (C=O) groups is 3. The largest absolute Gasteiger partial charge is 0.465 e. The lowest BCUT2D eigenvalue weighted by Gasteiger charge is -2.36. The molecule has 0 aromatic rings. The Balaban J connectivity index is 1.92. The van der Waals surface area contributed by atoms with E-state index in [1.54, 1.807) is 13.0 Å². The lowest BCUT2D eigenvalue weighted by Crippen LogP contribution is -2.39. The fourth-order valence-electron chi connectivity index (χ4n) is 4.92. The van der Waals surface area contributed by atoms with Crippen molar-refractivity contribution < 1.29 is 23.9 Å². The highest BCUT2D eigenvalue weighted by molar-refractivity contribution is 6.01. The van der Waals surface area contributed by atoms with Crippen LogP contribution in [0.3, 0.4) is 0 Å². The molecule has 2 rings (SSSR count). The molecule has 0 spiro atoms. The minimum atomic E-state index is -0.836. The van der Waals surface area contributed by atoms with Crippen molar-refractivity contribution in [1.82, 2.24) is 0 Å². The molecule has 2 aliphatic carbocycles. The van der Waals surface area contributed by atoms with Crippen LogP contribution in [0.25, 0.3) is 0 Å². The van der Waals surface area contributed by atoms with Gasteiger partial charge in [-0.05, 0) is 56.1 Å². The predicted octanol–water partition coefficient (Wildman–Crippen LogP) is 7.31. The summed E-state index contributed by atoms with van der Waals surface area (Å²) in [5.41, 5.74) is 3.35. The number of hydrogen-bond acceptors (Lipinski definition) is 5. The molecule has 0 heterocycles. The molecule has 2 aliphatic rings. The van der Waals surface area contributed by atoms with E-state index in [0.29, 0.717) is 24.5 Å². The molecule has 1 atom stereocenters. The average Bonchev–Trinajstić information content (AvgIpc) is 2.85. The summed E-state index contributed by atoms with van der Waals surface area (Å²) in [5.74, 6) is -0.670. The van der Waals surface area contributed by atoms with Crippen LogP contribution >= 0.6 is 0 Å². The van der Waals surface area contributed by atoms with Crippen molar-refractivity contribution in [3.8, 4) is 0 Å². The molecule has 0 saturated heterocycles. The summed E-state index contributed by atoms with van der Waals surface area (Å²) in [6, 6.07) is 0. The summed E-state index contributed by atoms with van der Waals surface area (Å²) in [5, 5.41) is 0. The average molecular weight is 509 g/mol. The number of esters is 2. The van der Waals surface area contributed by atoms with Crippen molar-refractivity contribution in [2.45, 2.75) is 92.1 Å². The van der Waals surface area contributed by atoms with E-state index in [0.717, 1.165) is 29.6 Å². The first kappa shape index (κ1) is 30.3. The quantitative estimate of drug-likeness (QED) is 0.216. The lowest BCUT2D eigenvalue weighted by atomic mass is 9.71. The van der Waals surface area contributed by atoms with Gasteiger partial charge in [0.2, 0.25) is 0 Å². The van der Waals surface area contributed by atoms with Crippen molar-refractivity contribution in [3.05, 3.63) is 71.4 Å². The van der Waals surface area contributed by atoms with Gasteiger partial charge in [0, 0.05) is 6.42 Å². The van der Waals surface area contributed by atoms with E-state index in [-0.39, 0.29) is 30.0 Å². The van der Waals surface area contributed by atoms with Crippen LogP contribution in [0.2, 0.25) is 0 Å². The molecule has 0 aromatic carbocycles. The summed E-state index contributed by atoms with van der Waals surface area (Å²) >= 11 is 0. The molecular weight excluding hydrogens is 464 g/mol. The normalized spacial score (nSPS) is 21.5. The molecular formula is C32H44O5. The molecule has 202 valence electrons. The van der Waals surface area contributed by atoms with Gasteiger partial charge in [0.05, 0.1) is 19.4 Å². The van der Waals surface area contributed by atoms with Crippen LogP contribution in [0, 0.1) is 11.3 Å². The van der Waals surface area contributed by atoms with Crippen molar-refractivity contribution in [3.63, 3.8) is 0 Å². The fraction of sp³-hybridized carbons (Fsp3) is 0.531. The number of carbonyl (C=O) groups excluding carboxylic acids is 3. The highest BCUT2D eigenvalue weighted by Gasteiger charge is 2.39. The number of ether oxygens (including phenoxy) is 2. The molecule has 0 aromatic heterocycles. The van der Waals surface area contributed by atoms with Gasteiger partial charge in [-0.15, -0.1) is 0 Å². The van der Waals surface area contributed by atoms with Gasteiger partial charge >= 0.3 is 11.9 Å². The highest BCUT2D eigenvalue weighted by Crippen LogP contribution is 2.40. The molecule has 1 fully saturated rings. The van der Waals surface area contributed by atoms with Gasteiger partial charge in [0.25, 0.3) is 0 Å². The maximum absolute atomic E-state index is 13.0. The Morgan fingerprint density at radius 3 is 2.32 bits per heavy atom. The summed E-state index contributed by atoms with van der Waals surface area (Å²) in [4.78, 5) is 37.5. The summed E-state index contributed by atoms with van der Waals surface area (Å²) in [7, 11) is 0. The highest BCUT2D eigenvalue weighted by atomic mass is 16.5. The van der Waals surface area contributed by atoms with Crippen molar-refractivity contribution >= 4 is 17.7 Å². The van der Waals surface area contributed by atoms with Gasteiger partial charge in [-0.3, -0.25) is 14.4 Å². The minimum absolute atomic E-state index is 0.0262. The lowest BCUT2D eigenvalue weighted by molar-refractivity contribution is -0.158. The van der Waals surface area contributed by atoms with Gasteiger partial charge in [-0.1, -0.05) is 93.4 Å². The second-order valence-corrected chi connectivity index (χ2v) is 10.9. The summed E-state index contributed by atoms with van der Waals surface area (Å²) in [6.07, 6.45) is 18.9. The Morgan fingerprint density at radius 1 is 1.00 bits per heavy atom. The van der Waals surface area contributed by atoms with Gasteiger partial charge < -0.3 is 9.47 Å². The van der Waals surface area contributed by atoms with Crippen LogP contribution in [0.4, 0.5) is 0 Å². The van der Waals surface area contributed by atoms with E-state index in [1.165, 1.54) is 19.3 Å². The maximum atomic E-state index is 13.0. The number of allylic oxidation sites excluding steroid dienone is 10. The second-order valence-electron chi connectivity index (χ2n) is 10.9. The third-order valence-corrected chi connectivity index (χ3v) is 7.11. The molecule has 0 N–H and O–H groups in total. The third-order valence-electron chi connectivity index (χ3n) is 7.11. The number of hydrogen-bond donors (Lipinski definition) is 0. The Bertz CT molecular complexity index is 996. The molecule has 0 radical (unpaired) electrons. The van der Waals surface area contributed by atoms with Crippen LogP contribution in [0.15, 0.2) is 71.4 Å². The first-order valence-corrected chi connectivity index (χ1v) is 13.5. The zero-order chi connectivity index (χ0) is 27.4. The Kier molecular flexibility index (Phi) is 12.0. The van der Waals surface area contributed by atoms with Crippen LogP contribution in [0.1, 0.15) is 86.0 Å². The molecule has 0 aliphatic heterocycles. The van der Waals surface area contributed by atoms with E-state index >= 15 is 0 Å². The molecule has 5 heteroatoms. The van der Waals surface area contributed by atoms with E-state index in [4.69, 9.17) is 9.47 Å². The fourth-order valence-corrected chi connectivity index (χ4v) is 4.92. The minimum Gasteiger partial charge on any atom is -0.465 e. The van der Waals surface area contributed by atoms with Crippen molar-refractivity contribution in [2.24, 2.45) is 11.3 Å². The van der Waals surface area contributed by atoms with Crippen LogP contribution in [0.5, 0.6) is 0 Å². The predicted molar refractivity (Wildman–Crippen MR) is 149 cm³/mol. The first-order valence-electron chi connectivity index (χ1n) is 13.5. The third kappa shape index (κ3) is 10.1. The van der Waals surface area contributed by atoms with Gasteiger partial charge in [0.1, 0.15) is 0 Å². The SMILES string of the molecule is C=C/C=C(C)/C=C/C=C(C)/C=C/C1=C(C)C(=O)C(OC(=O)CCC(=O)OCC2CCCCC2)CC1(C)C.